The lowest BCUT2D eigenvalue weighted by Gasteiger charge is -2.35. The highest BCUT2D eigenvalue weighted by Crippen LogP contribution is 2.43. The van der Waals surface area contributed by atoms with Crippen LogP contribution in [0.3, 0.4) is 0 Å². The van der Waals surface area contributed by atoms with Crippen LogP contribution in [-0.2, 0) is 12.6 Å². The van der Waals surface area contributed by atoms with Gasteiger partial charge in [0.1, 0.15) is 16.7 Å². The number of alkyl halides is 6. The van der Waals surface area contributed by atoms with Crippen molar-refractivity contribution in [2.24, 2.45) is 5.92 Å². The van der Waals surface area contributed by atoms with Gasteiger partial charge in [-0.3, -0.25) is 0 Å². The van der Waals surface area contributed by atoms with Crippen LogP contribution in [0.2, 0.25) is 5.15 Å². The van der Waals surface area contributed by atoms with Gasteiger partial charge in [-0.1, -0.05) is 35.9 Å². The smallest absolute Gasteiger partial charge is 0.384 e. The molecule has 2 rings (SSSR count). The molecule has 23 heavy (non-hydrogen) atoms. The molecule has 2 atom stereocenters. The molecule has 1 aliphatic carbocycles. The van der Waals surface area contributed by atoms with Gasteiger partial charge in [-0.25, -0.2) is 4.98 Å². The second-order valence-electron chi connectivity index (χ2n) is 5.06. The summed E-state index contributed by atoms with van der Waals surface area (Å²) in [5.41, 5.74) is -4.49. The molecule has 126 valence electrons. The molecule has 0 saturated carbocycles. The summed E-state index contributed by atoms with van der Waals surface area (Å²) < 4.78 is 78.2. The number of rotatable bonds is 2. The van der Waals surface area contributed by atoms with Crippen molar-refractivity contribution < 1.29 is 31.4 Å². The number of nitrogens with zero attached hydrogens (tertiary/aromatic N) is 1. The molecule has 1 aromatic heterocycles. The Labute approximate surface area is 132 Å². The van der Waals surface area contributed by atoms with Crippen molar-refractivity contribution in [3.8, 4) is 0 Å². The van der Waals surface area contributed by atoms with Crippen molar-refractivity contribution in [2.45, 2.75) is 24.4 Å². The average molecular weight is 358 g/mol. The van der Waals surface area contributed by atoms with Crippen LogP contribution in [0.5, 0.6) is 0 Å². The SMILES string of the molecule is OC1(Cc2c(C(F)(F)F)ccnc2Cl)C=CC=CC1C(F)(F)F. The van der Waals surface area contributed by atoms with Crippen LogP contribution >= 0.6 is 11.6 Å². The quantitative estimate of drug-likeness (QED) is 0.631. The van der Waals surface area contributed by atoms with Gasteiger partial charge < -0.3 is 5.11 Å². The molecule has 0 fully saturated rings. The summed E-state index contributed by atoms with van der Waals surface area (Å²) >= 11 is 5.63. The summed E-state index contributed by atoms with van der Waals surface area (Å²) in [7, 11) is 0. The third-order valence-corrected chi connectivity index (χ3v) is 3.79. The Bertz CT molecular complexity index is 652. The van der Waals surface area contributed by atoms with Crippen LogP contribution in [0.15, 0.2) is 36.6 Å². The number of aromatic nitrogens is 1. The first kappa shape index (κ1) is 17.8. The second-order valence-corrected chi connectivity index (χ2v) is 5.41. The Morgan fingerprint density at radius 1 is 1.17 bits per heavy atom. The maximum Gasteiger partial charge on any atom is 0.416 e. The lowest BCUT2D eigenvalue weighted by molar-refractivity contribution is -0.200. The summed E-state index contributed by atoms with van der Waals surface area (Å²) in [6.07, 6.45) is -6.12. The Morgan fingerprint density at radius 3 is 2.39 bits per heavy atom. The van der Waals surface area contributed by atoms with E-state index in [2.05, 4.69) is 4.98 Å². The van der Waals surface area contributed by atoms with Gasteiger partial charge in [0, 0.05) is 18.2 Å². The van der Waals surface area contributed by atoms with E-state index < -0.39 is 46.6 Å². The molecule has 1 N–H and O–H groups in total. The highest BCUT2D eigenvalue weighted by molar-refractivity contribution is 6.30. The molecule has 0 aromatic carbocycles. The van der Waals surface area contributed by atoms with Crippen molar-refractivity contribution in [3.05, 3.63) is 52.8 Å². The zero-order valence-electron chi connectivity index (χ0n) is 11.3. The van der Waals surface area contributed by atoms with Crippen LogP contribution in [0.4, 0.5) is 26.3 Å². The number of halogens is 7. The zero-order chi connectivity index (χ0) is 17.5. The van der Waals surface area contributed by atoms with Crippen molar-refractivity contribution in [2.75, 3.05) is 0 Å². The molecule has 0 bridgehead atoms. The number of allylic oxidation sites excluding steroid dienone is 2. The Hall–Kier alpha value is -1.54. The minimum absolute atomic E-state index is 0.600. The lowest BCUT2D eigenvalue weighted by atomic mass is 9.78. The van der Waals surface area contributed by atoms with Gasteiger partial charge in [0.15, 0.2) is 0 Å². The molecule has 1 aliphatic rings. The summed E-state index contributed by atoms with van der Waals surface area (Å²) in [6, 6.07) is 0.607. The minimum atomic E-state index is -4.83. The molecule has 2 unspecified atom stereocenters. The highest BCUT2D eigenvalue weighted by atomic mass is 35.5. The van der Waals surface area contributed by atoms with Crippen LogP contribution in [-0.4, -0.2) is 21.9 Å². The first-order valence-electron chi connectivity index (χ1n) is 6.31. The van der Waals surface area contributed by atoms with E-state index in [4.69, 9.17) is 11.6 Å². The lowest BCUT2D eigenvalue weighted by Crippen LogP contribution is -2.46. The van der Waals surface area contributed by atoms with Gasteiger partial charge in [-0.2, -0.15) is 26.3 Å². The Kier molecular flexibility index (Phi) is 4.51. The number of aliphatic hydroxyl groups is 1. The zero-order valence-corrected chi connectivity index (χ0v) is 12.0. The summed E-state index contributed by atoms with van der Waals surface area (Å²) in [5.74, 6) is -2.35. The molecule has 9 heteroatoms. The van der Waals surface area contributed by atoms with E-state index in [9.17, 15) is 31.4 Å². The highest BCUT2D eigenvalue weighted by Gasteiger charge is 2.52. The van der Waals surface area contributed by atoms with Crippen LogP contribution in [0.25, 0.3) is 0 Å². The van der Waals surface area contributed by atoms with E-state index in [1.54, 1.807) is 0 Å². The third-order valence-electron chi connectivity index (χ3n) is 3.46. The van der Waals surface area contributed by atoms with Crippen LogP contribution < -0.4 is 0 Å². The van der Waals surface area contributed by atoms with Gasteiger partial charge in [0.2, 0.25) is 0 Å². The fraction of sp³-hybridized carbons (Fsp3) is 0.357. The van der Waals surface area contributed by atoms with Crippen molar-refractivity contribution in [1.29, 1.82) is 0 Å². The summed E-state index contributed by atoms with van der Waals surface area (Å²) in [6.45, 7) is 0. The Balaban J connectivity index is 2.49. The minimum Gasteiger partial charge on any atom is -0.384 e. The van der Waals surface area contributed by atoms with E-state index in [0.717, 1.165) is 24.4 Å². The maximum atomic E-state index is 13.1. The first-order valence-corrected chi connectivity index (χ1v) is 6.68. The molecule has 1 heterocycles. The number of hydrogen-bond donors (Lipinski definition) is 1. The molecule has 0 radical (unpaired) electrons. The average Bonchev–Trinajstić information content (AvgIpc) is 2.38. The molecule has 0 spiro atoms. The standard InChI is InChI=1S/C14H10ClF6NO/c15-11-8(9(4-6-22-11)13(16,17)18)7-12(23)5-2-1-3-10(12)14(19,20)21/h1-6,10,23H,7H2. The van der Waals surface area contributed by atoms with E-state index in [0.29, 0.717) is 12.1 Å². The third kappa shape index (κ3) is 3.69. The van der Waals surface area contributed by atoms with Gasteiger partial charge >= 0.3 is 12.4 Å². The van der Waals surface area contributed by atoms with E-state index in [1.165, 1.54) is 0 Å². The van der Waals surface area contributed by atoms with E-state index in [1.807, 2.05) is 0 Å². The normalized spacial score (nSPS) is 25.0. The Morgan fingerprint density at radius 2 is 1.83 bits per heavy atom. The summed E-state index contributed by atoms with van der Waals surface area (Å²) in [5, 5.41) is 9.72. The van der Waals surface area contributed by atoms with Crippen LogP contribution in [0, 0.1) is 5.92 Å². The monoisotopic (exact) mass is 357 g/mol. The molecular formula is C14H10ClF6NO. The molecule has 0 saturated heterocycles. The second kappa shape index (κ2) is 5.83. The fourth-order valence-corrected chi connectivity index (χ4v) is 2.64. The van der Waals surface area contributed by atoms with E-state index in [-0.39, 0.29) is 0 Å². The largest absolute Gasteiger partial charge is 0.416 e. The molecule has 0 amide bonds. The first-order chi connectivity index (χ1) is 10.5. The molecule has 2 nitrogen and oxygen atoms in total. The van der Waals surface area contributed by atoms with Crippen molar-refractivity contribution >= 4 is 11.6 Å². The molecule has 0 aliphatic heterocycles. The van der Waals surface area contributed by atoms with Gasteiger partial charge in [0.25, 0.3) is 0 Å². The van der Waals surface area contributed by atoms with Gasteiger partial charge in [0.05, 0.1) is 5.56 Å². The molecule has 1 aromatic rings. The van der Waals surface area contributed by atoms with Gasteiger partial charge in [-0.05, 0) is 6.07 Å². The van der Waals surface area contributed by atoms with Gasteiger partial charge in [-0.15, -0.1) is 0 Å². The maximum absolute atomic E-state index is 13.1. The van der Waals surface area contributed by atoms with Crippen LogP contribution in [0.1, 0.15) is 11.1 Å². The predicted octanol–water partition coefficient (Wildman–Crippen LogP) is 4.33. The number of hydrogen-bond acceptors (Lipinski definition) is 2. The predicted molar refractivity (Wildman–Crippen MR) is 70.7 cm³/mol. The van der Waals surface area contributed by atoms with Crippen molar-refractivity contribution in [3.63, 3.8) is 0 Å². The number of pyridine rings is 1. The fourth-order valence-electron chi connectivity index (χ4n) is 2.41. The summed E-state index contributed by atoms with van der Waals surface area (Å²) in [4.78, 5) is 3.47. The van der Waals surface area contributed by atoms with Crippen molar-refractivity contribution in [1.82, 2.24) is 4.98 Å². The van der Waals surface area contributed by atoms with E-state index >= 15 is 0 Å². The molecular weight excluding hydrogens is 348 g/mol. The topological polar surface area (TPSA) is 33.1 Å².